The van der Waals surface area contributed by atoms with Gasteiger partial charge in [0.1, 0.15) is 5.75 Å². The van der Waals surface area contributed by atoms with E-state index in [4.69, 9.17) is 16.3 Å². The van der Waals surface area contributed by atoms with Gasteiger partial charge in [-0.3, -0.25) is 19.7 Å². The van der Waals surface area contributed by atoms with Gasteiger partial charge in [-0.15, -0.1) is 0 Å². The largest absolute Gasteiger partial charge is 0.450 e. The van der Waals surface area contributed by atoms with E-state index in [-0.39, 0.29) is 28.3 Å². The van der Waals surface area contributed by atoms with Crippen LogP contribution in [0.15, 0.2) is 66.7 Å². The molecule has 8 nitrogen and oxygen atoms in total. The first-order valence-corrected chi connectivity index (χ1v) is 11.1. The molecule has 0 aliphatic carbocycles. The first kappa shape index (κ1) is 23.3. The van der Waals surface area contributed by atoms with Crippen molar-refractivity contribution in [3.8, 4) is 11.5 Å². The first-order chi connectivity index (χ1) is 16.3. The van der Waals surface area contributed by atoms with Gasteiger partial charge in [0, 0.05) is 48.4 Å². The highest BCUT2D eigenvalue weighted by atomic mass is 35.5. The Labute approximate surface area is 201 Å². The van der Waals surface area contributed by atoms with Crippen LogP contribution in [0, 0.1) is 17.0 Å². The van der Waals surface area contributed by atoms with E-state index in [1.807, 2.05) is 31.2 Å². The average molecular weight is 480 g/mol. The number of halogens is 1. The van der Waals surface area contributed by atoms with Crippen LogP contribution >= 0.6 is 11.6 Å². The van der Waals surface area contributed by atoms with Gasteiger partial charge in [0.15, 0.2) is 0 Å². The number of piperazine rings is 1. The van der Waals surface area contributed by atoms with E-state index in [2.05, 4.69) is 0 Å². The summed E-state index contributed by atoms with van der Waals surface area (Å²) in [6, 6.07) is 18.0. The van der Waals surface area contributed by atoms with E-state index in [0.717, 1.165) is 5.56 Å². The first-order valence-electron chi connectivity index (χ1n) is 10.7. The van der Waals surface area contributed by atoms with Crippen LogP contribution in [0.1, 0.15) is 26.3 Å². The molecule has 0 radical (unpaired) electrons. The van der Waals surface area contributed by atoms with Gasteiger partial charge in [-0.2, -0.15) is 0 Å². The molecule has 0 aromatic heterocycles. The average Bonchev–Trinajstić information content (AvgIpc) is 2.85. The Balaban J connectivity index is 1.37. The number of amides is 2. The van der Waals surface area contributed by atoms with Crippen molar-refractivity contribution in [2.75, 3.05) is 26.2 Å². The molecule has 0 unspecified atom stereocenters. The Morgan fingerprint density at radius 3 is 1.85 bits per heavy atom. The van der Waals surface area contributed by atoms with Gasteiger partial charge in [-0.1, -0.05) is 29.3 Å². The second kappa shape index (κ2) is 9.93. The lowest BCUT2D eigenvalue weighted by Gasteiger charge is -2.35. The topological polar surface area (TPSA) is 93.0 Å². The van der Waals surface area contributed by atoms with Crippen molar-refractivity contribution in [3.05, 3.63) is 98.6 Å². The number of aryl methyl sites for hydroxylation is 1. The molecule has 2 amide bonds. The van der Waals surface area contributed by atoms with E-state index in [0.29, 0.717) is 43.1 Å². The summed E-state index contributed by atoms with van der Waals surface area (Å²) in [6.45, 7) is 3.76. The van der Waals surface area contributed by atoms with E-state index in [9.17, 15) is 19.7 Å². The molecule has 0 atom stereocenters. The highest BCUT2D eigenvalue weighted by Gasteiger charge is 2.25. The fourth-order valence-electron chi connectivity index (χ4n) is 3.69. The molecule has 1 heterocycles. The number of nitro groups is 1. The fourth-order valence-corrected chi connectivity index (χ4v) is 3.85. The molecule has 0 saturated carbocycles. The van der Waals surface area contributed by atoms with Crippen LogP contribution < -0.4 is 4.74 Å². The minimum atomic E-state index is -0.567. The molecule has 0 bridgehead atoms. The minimum absolute atomic E-state index is 0.0371. The van der Waals surface area contributed by atoms with Crippen LogP contribution in [0.4, 0.5) is 5.69 Å². The number of ether oxygens (including phenoxy) is 1. The highest BCUT2D eigenvalue weighted by molar-refractivity contribution is 6.30. The van der Waals surface area contributed by atoms with Crippen molar-refractivity contribution < 1.29 is 19.2 Å². The summed E-state index contributed by atoms with van der Waals surface area (Å²) < 4.78 is 5.63. The summed E-state index contributed by atoms with van der Waals surface area (Å²) >= 11 is 5.83. The van der Waals surface area contributed by atoms with Crippen molar-refractivity contribution in [1.29, 1.82) is 0 Å². The van der Waals surface area contributed by atoms with Gasteiger partial charge in [0.05, 0.1) is 4.92 Å². The molecule has 1 fully saturated rings. The number of benzene rings is 3. The number of hydrogen-bond acceptors (Lipinski definition) is 5. The summed E-state index contributed by atoms with van der Waals surface area (Å²) in [5, 5.41) is 11.5. The lowest BCUT2D eigenvalue weighted by atomic mass is 10.1. The molecule has 1 saturated heterocycles. The predicted octanol–water partition coefficient (Wildman–Crippen LogP) is 4.95. The summed E-state index contributed by atoms with van der Waals surface area (Å²) in [5.41, 5.74) is 1.96. The summed E-state index contributed by atoms with van der Waals surface area (Å²) in [6.07, 6.45) is 0. The second-order valence-corrected chi connectivity index (χ2v) is 8.38. The van der Waals surface area contributed by atoms with Crippen LogP contribution in [-0.4, -0.2) is 52.7 Å². The molecule has 0 N–H and O–H groups in total. The maximum absolute atomic E-state index is 12.9. The van der Waals surface area contributed by atoms with Crippen molar-refractivity contribution in [3.63, 3.8) is 0 Å². The Morgan fingerprint density at radius 1 is 0.853 bits per heavy atom. The molecule has 34 heavy (non-hydrogen) atoms. The minimum Gasteiger partial charge on any atom is -0.450 e. The predicted molar refractivity (Wildman–Crippen MR) is 128 cm³/mol. The molecule has 1 aliphatic heterocycles. The standard InChI is InChI=1S/C25H22ClN3O5/c1-17-2-4-18(5-3-17)24(30)27-12-14-28(15-13-27)25(31)19-6-9-21(10-7-19)34-23-11-8-20(26)16-22(23)29(32)33/h2-11,16H,12-15H2,1H3. The van der Waals surface area contributed by atoms with Crippen LogP contribution in [-0.2, 0) is 0 Å². The summed E-state index contributed by atoms with van der Waals surface area (Å²) in [4.78, 5) is 39.7. The van der Waals surface area contributed by atoms with E-state index < -0.39 is 4.92 Å². The molecule has 3 aromatic rings. The number of rotatable bonds is 5. The molecule has 4 rings (SSSR count). The van der Waals surface area contributed by atoms with Crippen LogP contribution in [0.5, 0.6) is 11.5 Å². The number of hydrogen-bond donors (Lipinski definition) is 0. The quantitative estimate of drug-likeness (QED) is 0.381. The smallest absolute Gasteiger partial charge is 0.313 e. The molecular weight excluding hydrogens is 458 g/mol. The lowest BCUT2D eigenvalue weighted by Crippen LogP contribution is -2.50. The van der Waals surface area contributed by atoms with Crippen molar-refractivity contribution >= 4 is 29.1 Å². The summed E-state index contributed by atoms with van der Waals surface area (Å²) in [5.74, 6) is 0.231. The molecule has 1 aliphatic rings. The second-order valence-electron chi connectivity index (χ2n) is 7.95. The SMILES string of the molecule is Cc1ccc(C(=O)N2CCN(C(=O)c3ccc(Oc4ccc(Cl)cc4[N+](=O)[O-])cc3)CC2)cc1. The lowest BCUT2D eigenvalue weighted by molar-refractivity contribution is -0.385. The maximum atomic E-state index is 12.9. The summed E-state index contributed by atoms with van der Waals surface area (Å²) in [7, 11) is 0. The van der Waals surface area contributed by atoms with Crippen molar-refractivity contribution in [2.24, 2.45) is 0 Å². The van der Waals surface area contributed by atoms with Gasteiger partial charge in [0.2, 0.25) is 5.75 Å². The zero-order valence-corrected chi connectivity index (χ0v) is 19.2. The van der Waals surface area contributed by atoms with Crippen LogP contribution in [0.3, 0.4) is 0 Å². The van der Waals surface area contributed by atoms with Gasteiger partial charge >= 0.3 is 5.69 Å². The Kier molecular flexibility index (Phi) is 6.79. The zero-order chi connectivity index (χ0) is 24.2. The highest BCUT2D eigenvalue weighted by Crippen LogP contribution is 2.33. The molecule has 174 valence electrons. The van der Waals surface area contributed by atoms with Crippen molar-refractivity contribution in [2.45, 2.75) is 6.92 Å². The molecular formula is C25H22ClN3O5. The van der Waals surface area contributed by atoms with Crippen LogP contribution in [0.2, 0.25) is 5.02 Å². The van der Waals surface area contributed by atoms with E-state index >= 15 is 0 Å². The molecule has 3 aromatic carbocycles. The Morgan fingerprint density at radius 2 is 1.35 bits per heavy atom. The molecule has 9 heteroatoms. The third kappa shape index (κ3) is 5.18. The third-order valence-electron chi connectivity index (χ3n) is 5.60. The van der Waals surface area contributed by atoms with E-state index in [1.54, 1.807) is 34.1 Å². The molecule has 0 spiro atoms. The van der Waals surface area contributed by atoms with Gasteiger partial charge in [0.25, 0.3) is 11.8 Å². The zero-order valence-electron chi connectivity index (χ0n) is 18.4. The van der Waals surface area contributed by atoms with Gasteiger partial charge in [-0.25, -0.2) is 0 Å². The fraction of sp³-hybridized carbons (Fsp3) is 0.200. The number of carbonyl (C=O) groups is 2. The Bertz CT molecular complexity index is 1220. The normalized spacial score (nSPS) is 13.5. The monoisotopic (exact) mass is 479 g/mol. The number of carbonyl (C=O) groups excluding carboxylic acids is 2. The number of nitro benzene ring substituents is 1. The van der Waals surface area contributed by atoms with Gasteiger partial charge in [-0.05, 0) is 55.5 Å². The maximum Gasteiger partial charge on any atom is 0.313 e. The van der Waals surface area contributed by atoms with Crippen LogP contribution in [0.25, 0.3) is 0 Å². The number of nitrogens with zero attached hydrogens (tertiary/aromatic N) is 3. The van der Waals surface area contributed by atoms with E-state index in [1.165, 1.54) is 18.2 Å². The van der Waals surface area contributed by atoms with Gasteiger partial charge < -0.3 is 14.5 Å². The third-order valence-corrected chi connectivity index (χ3v) is 5.83. The van der Waals surface area contributed by atoms with Crippen molar-refractivity contribution in [1.82, 2.24) is 9.80 Å². The Hall–Kier alpha value is -3.91.